The minimum absolute atomic E-state index is 0.111. The third-order valence-corrected chi connectivity index (χ3v) is 3.46. The highest BCUT2D eigenvalue weighted by atomic mass is 19.1. The van der Waals surface area contributed by atoms with Crippen LogP contribution in [-0.4, -0.2) is 5.78 Å². The Labute approximate surface area is 109 Å². The van der Waals surface area contributed by atoms with E-state index in [4.69, 9.17) is 0 Å². The molecule has 0 aliphatic heterocycles. The minimum atomic E-state index is -0.612. The average Bonchev–Trinajstić information content (AvgIpc) is 2.38. The molecule has 0 heterocycles. The zero-order valence-electron chi connectivity index (χ0n) is 10.2. The molecule has 2 aromatic carbocycles. The van der Waals surface area contributed by atoms with E-state index in [2.05, 4.69) is 0 Å². The van der Waals surface area contributed by atoms with Crippen LogP contribution in [0.4, 0.5) is 8.78 Å². The van der Waals surface area contributed by atoms with Gasteiger partial charge < -0.3 is 0 Å². The summed E-state index contributed by atoms with van der Waals surface area (Å²) in [5, 5.41) is 0. The number of fused-ring (bicyclic) bond motifs is 1. The highest BCUT2D eigenvalue weighted by Crippen LogP contribution is 2.28. The number of Topliss-reactive ketones (excluding diaryl/α,β-unsaturated/α-hetero) is 1. The maximum absolute atomic E-state index is 13.2. The largest absolute Gasteiger partial charge is 0.294 e. The van der Waals surface area contributed by atoms with Gasteiger partial charge in [-0.1, -0.05) is 12.1 Å². The van der Waals surface area contributed by atoms with E-state index < -0.39 is 11.6 Å². The molecule has 2 aromatic rings. The van der Waals surface area contributed by atoms with E-state index in [0.717, 1.165) is 24.5 Å². The van der Waals surface area contributed by atoms with E-state index in [1.54, 1.807) is 6.07 Å². The number of carbonyl (C=O) groups excluding carboxylic acids is 1. The molecule has 3 heteroatoms. The van der Waals surface area contributed by atoms with E-state index in [1.807, 2.05) is 12.1 Å². The van der Waals surface area contributed by atoms with Crippen LogP contribution in [0.1, 0.15) is 28.8 Å². The Morgan fingerprint density at radius 1 is 0.842 bits per heavy atom. The van der Waals surface area contributed by atoms with Gasteiger partial charge in [0, 0.05) is 18.1 Å². The summed E-state index contributed by atoms with van der Waals surface area (Å²) in [5.41, 5.74) is 2.84. The van der Waals surface area contributed by atoms with Crippen LogP contribution in [0, 0.1) is 11.6 Å². The van der Waals surface area contributed by atoms with Crippen molar-refractivity contribution in [2.24, 2.45) is 0 Å². The van der Waals surface area contributed by atoms with Crippen molar-refractivity contribution in [1.29, 1.82) is 0 Å². The lowest BCUT2D eigenvalue weighted by Crippen LogP contribution is -2.10. The van der Waals surface area contributed by atoms with Crippen molar-refractivity contribution in [1.82, 2.24) is 0 Å². The van der Waals surface area contributed by atoms with Gasteiger partial charge in [0.1, 0.15) is 11.6 Å². The van der Waals surface area contributed by atoms with Crippen LogP contribution in [0.3, 0.4) is 0 Å². The third-order valence-electron chi connectivity index (χ3n) is 3.46. The first kappa shape index (κ1) is 12.0. The van der Waals surface area contributed by atoms with Crippen molar-refractivity contribution in [3.05, 3.63) is 59.2 Å². The van der Waals surface area contributed by atoms with E-state index in [0.29, 0.717) is 23.1 Å². The Kier molecular flexibility index (Phi) is 2.90. The Hall–Kier alpha value is -2.03. The van der Waals surface area contributed by atoms with E-state index in [9.17, 15) is 13.6 Å². The maximum Gasteiger partial charge on any atom is 0.163 e. The smallest absolute Gasteiger partial charge is 0.163 e. The van der Waals surface area contributed by atoms with Crippen molar-refractivity contribution >= 4 is 5.78 Å². The van der Waals surface area contributed by atoms with Gasteiger partial charge in [0.2, 0.25) is 0 Å². The summed E-state index contributed by atoms with van der Waals surface area (Å²) >= 11 is 0. The standard InChI is InChI=1S/C16H12F2O/c17-13-6-12(7-14(18)9-13)11-5-4-10-2-1-3-16(19)15(10)8-11/h4-9H,1-3H2. The maximum atomic E-state index is 13.2. The quantitative estimate of drug-likeness (QED) is 0.751. The molecular formula is C16H12F2O. The van der Waals surface area contributed by atoms with Crippen LogP contribution in [0.25, 0.3) is 11.1 Å². The van der Waals surface area contributed by atoms with Crippen molar-refractivity contribution < 1.29 is 13.6 Å². The van der Waals surface area contributed by atoms with Gasteiger partial charge in [-0.3, -0.25) is 4.79 Å². The van der Waals surface area contributed by atoms with Crippen LogP contribution < -0.4 is 0 Å². The lowest BCUT2D eigenvalue weighted by molar-refractivity contribution is 0.0972. The fourth-order valence-electron chi connectivity index (χ4n) is 2.53. The summed E-state index contributed by atoms with van der Waals surface area (Å²) < 4.78 is 26.4. The summed E-state index contributed by atoms with van der Waals surface area (Å²) in [6, 6.07) is 8.82. The Morgan fingerprint density at radius 3 is 2.32 bits per heavy atom. The van der Waals surface area contributed by atoms with Crippen LogP contribution in [0.2, 0.25) is 0 Å². The third kappa shape index (κ3) is 2.28. The van der Waals surface area contributed by atoms with Gasteiger partial charge in [-0.2, -0.15) is 0 Å². The van der Waals surface area contributed by atoms with E-state index in [-0.39, 0.29) is 5.78 Å². The van der Waals surface area contributed by atoms with Crippen LogP contribution in [0.5, 0.6) is 0 Å². The summed E-state index contributed by atoms with van der Waals surface area (Å²) in [5.74, 6) is -1.11. The molecule has 0 spiro atoms. The average molecular weight is 258 g/mol. The predicted octanol–water partition coefficient (Wildman–Crippen LogP) is 4.15. The predicted molar refractivity (Wildman–Crippen MR) is 69.1 cm³/mol. The number of carbonyl (C=O) groups is 1. The van der Waals surface area contributed by atoms with Gasteiger partial charge in [0.15, 0.2) is 5.78 Å². The number of hydrogen-bond donors (Lipinski definition) is 0. The molecule has 0 atom stereocenters. The molecule has 0 saturated carbocycles. The van der Waals surface area contributed by atoms with Crippen molar-refractivity contribution in [3.8, 4) is 11.1 Å². The molecule has 1 aliphatic rings. The number of halogens is 2. The fourth-order valence-corrected chi connectivity index (χ4v) is 2.53. The lowest BCUT2D eigenvalue weighted by Gasteiger charge is -2.15. The molecule has 0 saturated heterocycles. The number of hydrogen-bond acceptors (Lipinski definition) is 1. The molecule has 3 rings (SSSR count). The van der Waals surface area contributed by atoms with Gasteiger partial charge in [0.25, 0.3) is 0 Å². The zero-order valence-corrected chi connectivity index (χ0v) is 10.2. The molecule has 0 aromatic heterocycles. The molecule has 0 fully saturated rings. The topological polar surface area (TPSA) is 17.1 Å². The number of aryl methyl sites for hydroxylation is 1. The van der Waals surface area contributed by atoms with Gasteiger partial charge in [0.05, 0.1) is 0 Å². The molecular weight excluding hydrogens is 246 g/mol. The molecule has 0 bridgehead atoms. The van der Waals surface area contributed by atoms with Crippen molar-refractivity contribution in [2.45, 2.75) is 19.3 Å². The van der Waals surface area contributed by atoms with Gasteiger partial charge >= 0.3 is 0 Å². The second-order valence-electron chi connectivity index (χ2n) is 4.81. The zero-order chi connectivity index (χ0) is 13.4. The summed E-state index contributed by atoms with van der Waals surface area (Å²) in [6.45, 7) is 0. The molecule has 0 N–H and O–H groups in total. The molecule has 0 amide bonds. The molecule has 0 radical (unpaired) electrons. The highest BCUT2D eigenvalue weighted by molar-refractivity contribution is 5.99. The first-order chi connectivity index (χ1) is 9.13. The number of benzene rings is 2. The lowest BCUT2D eigenvalue weighted by atomic mass is 9.88. The molecule has 1 nitrogen and oxygen atoms in total. The SMILES string of the molecule is O=C1CCCc2ccc(-c3cc(F)cc(F)c3)cc21. The van der Waals surface area contributed by atoms with Crippen molar-refractivity contribution in [2.75, 3.05) is 0 Å². The minimum Gasteiger partial charge on any atom is -0.294 e. The van der Waals surface area contributed by atoms with Gasteiger partial charge in [-0.15, -0.1) is 0 Å². The number of rotatable bonds is 1. The molecule has 96 valence electrons. The van der Waals surface area contributed by atoms with Gasteiger partial charge in [-0.25, -0.2) is 8.78 Å². The highest BCUT2D eigenvalue weighted by Gasteiger charge is 2.17. The summed E-state index contributed by atoms with van der Waals surface area (Å²) in [6.07, 6.45) is 2.31. The first-order valence-electron chi connectivity index (χ1n) is 6.26. The van der Waals surface area contributed by atoms with Gasteiger partial charge in [-0.05, 0) is 47.7 Å². The Balaban J connectivity index is 2.11. The van der Waals surface area contributed by atoms with E-state index in [1.165, 1.54) is 12.1 Å². The van der Waals surface area contributed by atoms with Crippen molar-refractivity contribution in [3.63, 3.8) is 0 Å². The second kappa shape index (κ2) is 4.57. The first-order valence-corrected chi connectivity index (χ1v) is 6.26. The fraction of sp³-hybridized carbons (Fsp3) is 0.188. The Bertz CT molecular complexity index is 642. The molecule has 19 heavy (non-hydrogen) atoms. The van der Waals surface area contributed by atoms with Crippen LogP contribution in [0.15, 0.2) is 36.4 Å². The molecule has 1 aliphatic carbocycles. The Morgan fingerprint density at radius 2 is 1.58 bits per heavy atom. The molecule has 0 unspecified atom stereocenters. The van der Waals surface area contributed by atoms with E-state index >= 15 is 0 Å². The van der Waals surface area contributed by atoms with Crippen LogP contribution >= 0.6 is 0 Å². The summed E-state index contributed by atoms with van der Waals surface area (Å²) in [7, 11) is 0. The second-order valence-corrected chi connectivity index (χ2v) is 4.81. The normalized spacial score (nSPS) is 14.3. The van der Waals surface area contributed by atoms with Crippen LogP contribution in [-0.2, 0) is 6.42 Å². The number of ketones is 1. The monoisotopic (exact) mass is 258 g/mol. The summed E-state index contributed by atoms with van der Waals surface area (Å²) in [4.78, 5) is 11.9.